The molecule has 2 nitrogen and oxygen atoms in total. The minimum Gasteiger partial charge on any atom is -0.329 e. The molecule has 1 fully saturated rings. The van der Waals surface area contributed by atoms with Crippen molar-refractivity contribution in [2.75, 3.05) is 19.6 Å². The number of rotatable bonds is 3. The van der Waals surface area contributed by atoms with E-state index >= 15 is 0 Å². The first-order valence-corrected chi connectivity index (χ1v) is 5.89. The van der Waals surface area contributed by atoms with Crippen LogP contribution in [0.25, 0.3) is 0 Å². The van der Waals surface area contributed by atoms with Gasteiger partial charge in [-0.3, -0.25) is 4.90 Å². The van der Waals surface area contributed by atoms with Crippen molar-refractivity contribution < 1.29 is 0 Å². The van der Waals surface area contributed by atoms with Crippen molar-refractivity contribution in [1.29, 1.82) is 0 Å². The Bertz CT molecular complexity index is 173. The van der Waals surface area contributed by atoms with Crippen LogP contribution in [0.1, 0.15) is 47.0 Å². The lowest BCUT2D eigenvalue weighted by atomic mass is 9.80. The number of likely N-dealkylation sites (tertiary alicyclic amines) is 1. The van der Waals surface area contributed by atoms with Crippen LogP contribution in [0.3, 0.4) is 0 Å². The Kier molecular flexibility index (Phi) is 3.59. The zero-order valence-electron chi connectivity index (χ0n) is 10.3. The van der Waals surface area contributed by atoms with E-state index < -0.39 is 0 Å². The molecule has 14 heavy (non-hydrogen) atoms. The molecule has 0 spiro atoms. The predicted molar refractivity (Wildman–Crippen MR) is 62.3 cm³/mol. The van der Waals surface area contributed by atoms with Crippen LogP contribution in [0.2, 0.25) is 0 Å². The SMILES string of the molecule is CCC(C)(CN)N1CCC(C)(C)CC1. The average molecular weight is 198 g/mol. The summed E-state index contributed by atoms with van der Waals surface area (Å²) in [7, 11) is 0. The Balaban J connectivity index is 2.56. The first kappa shape index (κ1) is 12.0. The van der Waals surface area contributed by atoms with E-state index in [0.717, 1.165) is 13.0 Å². The summed E-state index contributed by atoms with van der Waals surface area (Å²) in [5.41, 5.74) is 6.65. The second-order valence-corrected chi connectivity index (χ2v) is 5.71. The topological polar surface area (TPSA) is 29.3 Å². The highest BCUT2D eigenvalue weighted by molar-refractivity contribution is 4.90. The van der Waals surface area contributed by atoms with Gasteiger partial charge in [-0.05, 0) is 44.7 Å². The minimum absolute atomic E-state index is 0.233. The lowest BCUT2D eigenvalue weighted by molar-refractivity contribution is 0.0406. The predicted octanol–water partition coefficient (Wildman–Crippen LogP) is 2.24. The molecule has 2 heteroatoms. The van der Waals surface area contributed by atoms with Gasteiger partial charge in [0.1, 0.15) is 0 Å². The third kappa shape index (κ3) is 2.48. The Hall–Kier alpha value is -0.0800. The van der Waals surface area contributed by atoms with Gasteiger partial charge in [0.05, 0.1) is 0 Å². The summed E-state index contributed by atoms with van der Waals surface area (Å²) < 4.78 is 0. The fourth-order valence-corrected chi connectivity index (χ4v) is 2.15. The van der Waals surface area contributed by atoms with Crippen molar-refractivity contribution in [2.45, 2.75) is 52.5 Å². The molecule has 1 rings (SSSR count). The summed E-state index contributed by atoms with van der Waals surface area (Å²) >= 11 is 0. The number of hydrogen-bond donors (Lipinski definition) is 1. The monoisotopic (exact) mass is 198 g/mol. The highest BCUT2D eigenvalue weighted by atomic mass is 15.2. The van der Waals surface area contributed by atoms with E-state index in [-0.39, 0.29) is 5.54 Å². The van der Waals surface area contributed by atoms with Crippen LogP contribution in [0.4, 0.5) is 0 Å². The normalized spacial score (nSPS) is 27.2. The van der Waals surface area contributed by atoms with Crippen molar-refractivity contribution in [1.82, 2.24) is 4.90 Å². The molecule has 0 amide bonds. The molecule has 0 bridgehead atoms. The van der Waals surface area contributed by atoms with E-state index in [1.54, 1.807) is 0 Å². The lowest BCUT2D eigenvalue weighted by Gasteiger charge is -2.46. The Morgan fingerprint density at radius 2 is 1.79 bits per heavy atom. The molecular weight excluding hydrogens is 172 g/mol. The molecule has 1 atom stereocenters. The molecule has 0 aromatic heterocycles. The van der Waals surface area contributed by atoms with Gasteiger partial charge in [0.25, 0.3) is 0 Å². The largest absolute Gasteiger partial charge is 0.329 e. The molecule has 1 aliphatic rings. The summed E-state index contributed by atoms with van der Waals surface area (Å²) in [6.45, 7) is 12.5. The van der Waals surface area contributed by atoms with E-state index in [1.165, 1.54) is 25.9 Å². The van der Waals surface area contributed by atoms with Crippen molar-refractivity contribution >= 4 is 0 Å². The van der Waals surface area contributed by atoms with E-state index in [1.807, 2.05) is 0 Å². The van der Waals surface area contributed by atoms with Gasteiger partial charge in [-0.1, -0.05) is 20.8 Å². The van der Waals surface area contributed by atoms with Crippen molar-refractivity contribution in [3.63, 3.8) is 0 Å². The van der Waals surface area contributed by atoms with Crippen LogP contribution in [0.15, 0.2) is 0 Å². The third-order valence-corrected chi connectivity index (χ3v) is 4.08. The van der Waals surface area contributed by atoms with Crippen LogP contribution in [0, 0.1) is 5.41 Å². The molecule has 0 saturated carbocycles. The molecule has 1 aliphatic heterocycles. The highest BCUT2D eigenvalue weighted by Crippen LogP contribution is 2.33. The van der Waals surface area contributed by atoms with Crippen LogP contribution in [0.5, 0.6) is 0 Å². The number of nitrogens with two attached hydrogens (primary N) is 1. The summed E-state index contributed by atoms with van der Waals surface area (Å²) in [6, 6.07) is 0. The maximum Gasteiger partial charge on any atom is 0.0300 e. The van der Waals surface area contributed by atoms with Crippen LogP contribution < -0.4 is 5.73 Å². The van der Waals surface area contributed by atoms with Gasteiger partial charge in [0.15, 0.2) is 0 Å². The quantitative estimate of drug-likeness (QED) is 0.753. The Morgan fingerprint density at radius 3 is 2.14 bits per heavy atom. The fourth-order valence-electron chi connectivity index (χ4n) is 2.15. The van der Waals surface area contributed by atoms with Gasteiger partial charge >= 0.3 is 0 Å². The van der Waals surface area contributed by atoms with E-state index in [0.29, 0.717) is 5.41 Å². The van der Waals surface area contributed by atoms with E-state index in [2.05, 4.69) is 32.6 Å². The van der Waals surface area contributed by atoms with Gasteiger partial charge in [-0.15, -0.1) is 0 Å². The average Bonchev–Trinajstić information content (AvgIpc) is 2.16. The maximum atomic E-state index is 5.87. The smallest absolute Gasteiger partial charge is 0.0300 e. The number of hydrogen-bond acceptors (Lipinski definition) is 2. The molecule has 84 valence electrons. The number of piperidine rings is 1. The fraction of sp³-hybridized carbons (Fsp3) is 1.00. The second kappa shape index (κ2) is 4.19. The first-order chi connectivity index (χ1) is 6.43. The Labute approximate surface area is 88.8 Å². The van der Waals surface area contributed by atoms with Gasteiger partial charge in [0, 0.05) is 12.1 Å². The van der Waals surface area contributed by atoms with Gasteiger partial charge in [-0.2, -0.15) is 0 Å². The summed E-state index contributed by atoms with van der Waals surface area (Å²) in [6.07, 6.45) is 3.77. The molecule has 1 saturated heterocycles. The molecule has 1 heterocycles. The maximum absolute atomic E-state index is 5.87. The highest BCUT2D eigenvalue weighted by Gasteiger charge is 2.34. The summed E-state index contributed by atoms with van der Waals surface area (Å²) in [4.78, 5) is 2.58. The van der Waals surface area contributed by atoms with Crippen LogP contribution in [-0.2, 0) is 0 Å². The van der Waals surface area contributed by atoms with E-state index in [4.69, 9.17) is 5.73 Å². The summed E-state index contributed by atoms with van der Waals surface area (Å²) in [5.74, 6) is 0. The molecule has 2 N–H and O–H groups in total. The van der Waals surface area contributed by atoms with Crippen molar-refractivity contribution in [3.05, 3.63) is 0 Å². The minimum atomic E-state index is 0.233. The Morgan fingerprint density at radius 1 is 1.29 bits per heavy atom. The third-order valence-electron chi connectivity index (χ3n) is 4.08. The van der Waals surface area contributed by atoms with Gasteiger partial charge in [-0.25, -0.2) is 0 Å². The zero-order valence-corrected chi connectivity index (χ0v) is 10.3. The van der Waals surface area contributed by atoms with Crippen LogP contribution >= 0.6 is 0 Å². The van der Waals surface area contributed by atoms with Gasteiger partial charge in [0.2, 0.25) is 0 Å². The van der Waals surface area contributed by atoms with Crippen molar-refractivity contribution in [3.8, 4) is 0 Å². The lowest BCUT2D eigenvalue weighted by Crippen LogP contribution is -2.54. The number of nitrogens with zero attached hydrogens (tertiary/aromatic N) is 1. The molecule has 0 aromatic rings. The molecule has 1 unspecified atom stereocenters. The summed E-state index contributed by atoms with van der Waals surface area (Å²) in [5, 5.41) is 0. The first-order valence-electron chi connectivity index (χ1n) is 5.89. The molecule has 0 radical (unpaired) electrons. The standard InChI is InChI=1S/C12H26N2/c1-5-12(4,10-13)14-8-6-11(2,3)7-9-14/h5-10,13H2,1-4H3. The second-order valence-electron chi connectivity index (χ2n) is 5.71. The zero-order chi connectivity index (χ0) is 10.8. The van der Waals surface area contributed by atoms with E-state index in [9.17, 15) is 0 Å². The molecule has 0 aromatic carbocycles. The van der Waals surface area contributed by atoms with Crippen LogP contribution in [-0.4, -0.2) is 30.1 Å². The van der Waals surface area contributed by atoms with Crippen molar-refractivity contribution in [2.24, 2.45) is 11.1 Å². The van der Waals surface area contributed by atoms with Gasteiger partial charge < -0.3 is 5.73 Å². The molecular formula is C12H26N2. The molecule has 0 aliphatic carbocycles.